The normalized spacial score (nSPS) is 16.9. The third-order valence-corrected chi connectivity index (χ3v) is 7.39. The maximum Gasteiger partial charge on any atom is 0.267 e. The molecule has 0 radical (unpaired) electrons. The Morgan fingerprint density at radius 2 is 2.04 bits per heavy atom. The topological polar surface area (TPSA) is 89.8 Å². The Balaban J connectivity index is 1.51. The van der Waals surface area contributed by atoms with Gasteiger partial charge < -0.3 is 0 Å². The highest BCUT2D eigenvalue weighted by molar-refractivity contribution is 7.21. The zero-order valence-corrected chi connectivity index (χ0v) is 16.6. The zero-order valence-electron chi connectivity index (χ0n) is 14.9. The van der Waals surface area contributed by atoms with Crippen LogP contribution in [0.2, 0.25) is 0 Å². The Labute approximate surface area is 163 Å². The number of aromatic nitrogens is 4. The summed E-state index contributed by atoms with van der Waals surface area (Å²) < 4.78 is 1.80. The lowest BCUT2D eigenvalue weighted by Gasteiger charge is -2.08. The summed E-state index contributed by atoms with van der Waals surface area (Å²) >= 11 is 2.72. The minimum atomic E-state index is -0.242. The van der Waals surface area contributed by atoms with Crippen LogP contribution in [0.4, 0.5) is 5.13 Å². The van der Waals surface area contributed by atoms with Gasteiger partial charge in [0.15, 0.2) is 0 Å². The van der Waals surface area contributed by atoms with Gasteiger partial charge in [0, 0.05) is 18.9 Å². The van der Waals surface area contributed by atoms with Gasteiger partial charge in [-0.3, -0.25) is 19.5 Å². The lowest BCUT2D eigenvalue weighted by Crippen LogP contribution is -2.24. The fraction of sp³-hybridized carbons (Fsp3) is 0.500. The first-order valence-electron chi connectivity index (χ1n) is 9.29. The largest absolute Gasteiger partial charge is 0.296 e. The fourth-order valence-electron chi connectivity index (χ4n) is 3.56. The lowest BCUT2D eigenvalue weighted by molar-refractivity contribution is 0.103. The number of carbonyl (C=O) groups is 1. The number of anilines is 1. The van der Waals surface area contributed by atoms with Crippen LogP contribution in [-0.2, 0) is 13.0 Å². The number of nitrogens with one attached hydrogen (secondary N) is 1. The molecule has 0 saturated heterocycles. The number of nitrogens with zero attached hydrogens (tertiary/aromatic N) is 4. The summed E-state index contributed by atoms with van der Waals surface area (Å²) in [5.41, 5.74) is 0.688. The van der Waals surface area contributed by atoms with Crippen molar-refractivity contribution in [3.8, 4) is 0 Å². The zero-order chi connectivity index (χ0) is 18.5. The molecular weight excluding hydrogens is 382 g/mol. The predicted octanol–water partition coefficient (Wildman–Crippen LogP) is 3.47. The maximum absolute atomic E-state index is 13.0. The molecule has 9 heteroatoms. The Morgan fingerprint density at radius 3 is 2.85 bits per heavy atom. The molecule has 3 aromatic rings. The molecule has 7 nitrogen and oxygen atoms in total. The highest BCUT2D eigenvalue weighted by Crippen LogP contribution is 2.42. The smallest absolute Gasteiger partial charge is 0.267 e. The first kappa shape index (κ1) is 17.0. The van der Waals surface area contributed by atoms with E-state index in [1.807, 2.05) is 6.92 Å². The van der Waals surface area contributed by atoms with Gasteiger partial charge in [-0.1, -0.05) is 17.8 Å². The summed E-state index contributed by atoms with van der Waals surface area (Å²) in [5, 5.41) is 13.2. The molecule has 1 N–H and O–H groups in total. The summed E-state index contributed by atoms with van der Waals surface area (Å²) in [7, 11) is 0. The van der Waals surface area contributed by atoms with Crippen LogP contribution in [0.5, 0.6) is 0 Å². The molecule has 1 aliphatic carbocycles. The van der Waals surface area contributed by atoms with Crippen LogP contribution in [0.1, 0.15) is 64.1 Å². The standard InChI is InChI=1S/C18H19N5O2S2/c1-9-12-16(19-11-5-3-2-4-8-23(11)17(12)25)26-13(9)14(24)20-18-22-21-15(27-18)10-6-7-10/h10H,2-8H2,1H3,(H,20,22,24). The van der Waals surface area contributed by atoms with Crippen molar-refractivity contribution in [1.82, 2.24) is 19.7 Å². The molecule has 0 unspecified atom stereocenters. The molecule has 1 aliphatic heterocycles. The molecule has 0 spiro atoms. The Kier molecular flexibility index (Phi) is 4.08. The van der Waals surface area contributed by atoms with Crippen molar-refractivity contribution in [3.63, 3.8) is 0 Å². The number of hydrogen-bond acceptors (Lipinski definition) is 7. The SMILES string of the molecule is Cc1c(C(=O)Nc2nnc(C3CC3)s2)sc2nc3n(c(=O)c12)CCCCC3. The second kappa shape index (κ2) is 6.49. The van der Waals surface area contributed by atoms with Crippen LogP contribution in [0, 0.1) is 6.92 Å². The molecule has 1 saturated carbocycles. The van der Waals surface area contributed by atoms with Gasteiger partial charge in [0.2, 0.25) is 5.13 Å². The quantitative estimate of drug-likeness (QED) is 0.726. The van der Waals surface area contributed by atoms with E-state index in [4.69, 9.17) is 4.98 Å². The molecule has 1 fully saturated rings. The number of thiophene rings is 1. The second-order valence-corrected chi connectivity index (χ2v) is 9.21. The van der Waals surface area contributed by atoms with Crippen molar-refractivity contribution in [1.29, 1.82) is 0 Å². The number of amides is 1. The average molecular weight is 402 g/mol. The van der Waals surface area contributed by atoms with Crippen molar-refractivity contribution in [3.05, 3.63) is 31.6 Å². The van der Waals surface area contributed by atoms with E-state index in [0.29, 0.717) is 38.3 Å². The van der Waals surface area contributed by atoms with Crippen LogP contribution < -0.4 is 10.9 Å². The summed E-state index contributed by atoms with van der Waals surface area (Å²) in [6, 6.07) is 0. The van der Waals surface area contributed by atoms with Gasteiger partial charge in [0.25, 0.3) is 11.5 Å². The van der Waals surface area contributed by atoms with E-state index in [-0.39, 0.29) is 11.5 Å². The minimum Gasteiger partial charge on any atom is -0.296 e. The van der Waals surface area contributed by atoms with Crippen LogP contribution in [0.3, 0.4) is 0 Å². The van der Waals surface area contributed by atoms with Gasteiger partial charge >= 0.3 is 0 Å². The molecule has 2 aliphatic rings. The maximum atomic E-state index is 13.0. The van der Waals surface area contributed by atoms with Crippen LogP contribution in [0.15, 0.2) is 4.79 Å². The molecule has 0 atom stereocenters. The van der Waals surface area contributed by atoms with Crippen molar-refractivity contribution < 1.29 is 4.79 Å². The predicted molar refractivity (Wildman–Crippen MR) is 106 cm³/mol. The average Bonchev–Trinajstić information content (AvgIpc) is 3.36. The molecule has 0 aromatic carbocycles. The molecule has 3 aromatic heterocycles. The monoisotopic (exact) mass is 401 g/mol. The van der Waals surface area contributed by atoms with E-state index < -0.39 is 0 Å². The minimum absolute atomic E-state index is 0.0170. The Bertz CT molecular complexity index is 1110. The van der Waals surface area contributed by atoms with Crippen LogP contribution in [-0.4, -0.2) is 25.7 Å². The van der Waals surface area contributed by atoms with E-state index in [2.05, 4.69) is 15.5 Å². The molecule has 0 bridgehead atoms. The Morgan fingerprint density at radius 1 is 1.19 bits per heavy atom. The second-order valence-electron chi connectivity index (χ2n) is 7.21. The lowest BCUT2D eigenvalue weighted by atomic mass is 10.2. The summed E-state index contributed by atoms with van der Waals surface area (Å²) in [5.74, 6) is 1.11. The molecular formula is C18H19N5O2S2. The van der Waals surface area contributed by atoms with Crippen LogP contribution >= 0.6 is 22.7 Å². The number of hydrogen-bond donors (Lipinski definition) is 1. The third-order valence-electron chi connectivity index (χ3n) is 5.21. The van der Waals surface area contributed by atoms with Crippen molar-refractivity contribution in [2.75, 3.05) is 5.32 Å². The third kappa shape index (κ3) is 2.98. The van der Waals surface area contributed by atoms with Crippen LogP contribution in [0.25, 0.3) is 10.2 Å². The number of carbonyl (C=O) groups excluding carboxylic acids is 1. The van der Waals surface area contributed by atoms with E-state index in [1.54, 1.807) is 4.57 Å². The molecule has 5 rings (SSSR count). The van der Waals surface area contributed by atoms with Gasteiger partial charge in [-0.05, 0) is 38.2 Å². The van der Waals surface area contributed by atoms with Gasteiger partial charge in [-0.15, -0.1) is 21.5 Å². The van der Waals surface area contributed by atoms with E-state index in [1.165, 1.54) is 22.7 Å². The summed E-state index contributed by atoms with van der Waals surface area (Å²) in [4.78, 5) is 31.7. The molecule has 140 valence electrons. The molecule has 27 heavy (non-hydrogen) atoms. The van der Waals surface area contributed by atoms with Gasteiger partial charge in [-0.25, -0.2) is 4.98 Å². The van der Waals surface area contributed by atoms with Crippen molar-refractivity contribution in [2.24, 2.45) is 0 Å². The summed E-state index contributed by atoms with van der Waals surface area (Å²) in [6.07, 6.45) is 6.29. The number of fused-ring (bicyclic) bond motifs is 2. The van der Waals surface area contributed by atoms with Crippen molar-refractivity contribution in [2.45, 2.75) is 57.9 Å². The fourth-order valence-corrected chi connectivity index (χ4v) is 5.55. The highest BCUT2D eigenvalue weighted by Gasteiger charge is 2.28. The van der Waals surface area contributed by atoms with E-state index >= 15 is 0 Å². The first-order valence-corrected chi connectivity index (χ1v) is 10.9. The number of aryl methyl sites for hydroxylation is 2. The molecule has 1 amide bonds. The molecule has 4 heterocycles. The highest BCUT2D eigenvalue weighted by atomic mass is 32.1. The van der Waals surface area contributed by atoms with E-state index in [0.717, 1.165) is 49.4 Å². The number of rotatable bonds is 3. The van der Waals surface area contributed by atoms with E-state index in [9.17, 15) is 9.59 Å². The van der Waals surface area contributed by atoms with Gasteiger partial charge in [0.05, 0.1) is 10.3 Å². The van der Waals surface area contributed by atoms with Crippen molar-refractivity contribution >= 4 is 43.9 Å². The van der Waals surface area contributed by atoms with Gasteiger partial charge in [0.1, 0.15) is 15.7 Å². The summed E-state index contributed by atoms with van der Waals surface area (Å²) in [6.45, 7) is 2.54. The van der Waals surface area contributed by atoms with Gasteiger partial charge in [-0.2, -0.15) is 0 Å². The Hall–Kier alpha value is -2.13. The first-order chi connectivity index (χ1) is 13.1.